The summed E-state index contributed by atoms with van der Waals surface area (Å²) in [5.41, 5.74) is 3.73. The quantitative estimate of drug-likeness (QED) is 0.811. The van der Waals surface area contributed by atoms with E-state index in [0.29, 0.717) is 19.4 Å². The van der Waals surface area contributed by atoms with E-state index in [1.54, 1.807) is 0 Å². The van der Waals surface area contributed by atoms with Crippen molar-refractivity contribution < 1.29 is 9.59 Å². The van der Waals surface area contributed by atoms with Crippen molar-refractivity contribution in [2.24, 2.45) is 0 Å². The second kappa shape index (κ2) is 5.72. The lowest BCUT2D eigenvalue weighted by atomic mass is 9.84. The van der Waals surface area contributed by atoms with E-state index in [4.69, 9.17) is 0 Å². The normalized spacial score (nSPS) is 23.6. The van der Waals surface area contributed by atoms with Gasteiger partial charge >= 0.3 is 0 Å². The fraction of sp³-hybridized carbons (Fsp3) is 0.444. The Kier molecular flexibility index (Phi) is 3.56. The Hall–Kier alpha value is -2.30. The van der Waals surface area contributed by atoms with Crippen LogP contribution in [0.25, 0.3) is 10.9 Å². The van der Waals surface area contributed by atoms with Gasteiger partial charge in [-0.25, -0.2) is 0 Å². The van der Waals surface area contributed by atoms with E-state index < -0.39 is 0 Å². The van der Waals surface area contributed by atoms with Crippen LogP contribution in [-0.2, 0) is 16.0 Å². The van der Waals surface area contributed by atoms with E-state index in [0.717, 1.165) is 24.8 Å². The third kappa shape index (κ3) is 2.60. The molecule has 0 bridgehead atoms. The van der Waals surface area contributed by atoms with Crippen molar-refractivity contribution in [2.45, 2.75) is 44.1 Å². The molecule has 2 heterocycles. The highest BCUT2D eigenvalue weighted by Gasteiger charge is 2.29. The molecule has 0 saturated carbocycles. The lowest BCUT2D eigenvalue weighted by molar-refractivity contribution is -0.127. The lowest BCUT2D eigenvalue weighted by Crippen LogP contribution is -2.40. The lowest BCUT2D eigenvalue weighted by Gasteiger charge is -2.23. The number of rotatable bonds is 3. The SMILES string of the molecule is O=C(CC1CCCc2c1[nH]c1ccccc21)NC1CCNC1=O. The molecule has 2 amide bonds. The molecular weight excluding hydrogens is 290 g/mol. The Bertz CT molecular complexity index is 765. The first-order valence-electron chi connectivity index (χ1n) is 8.39. The summed E-state index contributed by atoms with van der Waals surface area (Å²) in [7, 11) is 0. The van der Waals surface area contributed by atoms with Crippen molar-refractivity contribution in [3.05, 3.63) is 35.5 Å². The summed E-state index contributed by atoms with van der Waals surface area (Å²) in [6.07, 6.45) is 4.33. The van der Waals surface area contributed by atoms with E-state index in [1.165, 1.54) is 16.6 Å². The standard InChI is InChI=1S/C18H21N3O2/c22-16(20-15-8-9-19-18(15)23)10-11-4-3-6-13-12-5-1-2-7-14(12)21-17(11)13/h1-2,5,7,11,15,21H,3-4,6,8-10H2,(H,19,23)(H,20,22). The van der Waals surface area contributed by atoms with Crippen molar-refractivity contribution in [3.8, 4) is 0 Å². The highest BCUT2D eigenvalue weighted by Crippen LogP contribution is 2.37. The van der Waals surface area contributed by atoms with E-state index in [2.05, 4.69) is 33.8 Å². The number of benzene rings is 1. The fourth-order valence-electron chi connectivity index (χ4n) is 3.92. The first-order valence-corrected chi connectivity index (χ1v) is 8.39. The average molecular weight is 311 g/mol. The maximum atomic E-state index is 12.3. The molecule has 2 aliphatic rings. The monoisotopic (exact) mass is 311 g/mol. The summed E-state index contributed by atoms with van der Waals surface area (Å²) in [5.74, 6) is 0.132. The summed E-state index contributed by atoms with van der Waals surface area (Å²) in [6, 6.07) is 7.98. The van der Waals surface area contributed by atoms with Gasteiger partial charge in [0.2, 0.25) is 11.8 Å². The second-order valence-electron chi connectivity index (χ2n) is 6.56. The minimum atomic E-state index is -0.353. The zero-order valence-corrected chi connectivity index (χ0v) is 13.0. The van der Waals surface area contributed by atoms with Gasteiger partial charge in [0.05, 0.1) is 0 Å². The third-order valence-electron chi connectivity index (χ3n) is 5.05. The molecule has 1 aromatic carbocycles. The largest absolute Gasteiger partial charge is 0.358 e. The van der Waals surface area contributed by atoms with Crippen LogP contribution in [-0.4, -0.2) is 29.4 Å². The Labute approximate surface area is 134 Å². The van der Waals surface area contributed by atoms with Crippen molar-refractivity contribution in [1.82, 2.24) is 15.6 Å². The van der Waals surface area contributed by atoms with Gasteiger partial charge in [-0.2, -0.15) is 0 Å². The third-order valence-corrected chi connectivity index (χ3v) is 5.05. The number of fused-ring (bicyclic) bond motifs is 3. The van der Waals surface area contributed by atoms with Gasteiger partial charge in [-0.05, 0) is 37.3 Å². The molecule has 2 unspecified atom stereocenters. The van der Waals surface area contributed by atoms with Crippen molar-refractivity contribution in [3.63, 3.8) is 0 Å². The first kappa shape index (κ1) is 14.3. The van der Waals surface area contributed by atoms with E-state index in [1.807, 2.05) is 6.07 Å². The average Bonchev–Trinajstić information content (AvgIpc) is 3.12. The molecule has 1 aromatic heterocycles. The predicted octanol–water partition coefficient (Wildman–Crippen LogP) is 1.98. The Morgan fingerprint density at radius 1 is 1.26 bits per heavy atom. The maximum Gasteiger partial charge on any atom is 0.242 e. The van der Waals surface area contributed by atoms with Crippen LogP contribution < -0.4 is 10.6 Å². The summed E-state index contributed by atoms with van der Waals surface area (Å²) >= 11 is 0. The topological polar surface area (TPSA) is 74.0 Å². The van der Waals surface area contributed by atoms with Gasteiger partial charge in [0.1, 0.15) is 6.04 Å². The number of aromatic nitrogens is 1. The van der Waals surface area contributed by atoms with E-state index >= 15 is 0 Å². The van der Waals surface area contributed by atoms with Gasteiger partial charge in [-0.3, -0.25) is 9.59 Å². The van der Waals surface area contributed by atoms with Crippen molar-refractivity contribution in [2.75, 3.05) is 6.54 Å². The molecule has 1 saturated heterocycles. The van der Waals surface area contributed by atoms with E-state index in [-0.39, 0.29) is 23.8 Å². The van der Waals surface area contributed by atoms with Crippen LogP contribution in [0.4, 0.5) is 0 Å². The molecule has 5 nitrogen and oxygen atoms in total. The number of nitrogens with one attached hydrogen (secondary N) is 3. The number of hydrogen-bond acceptors (Lipinski definition) is 2. The Balaban J connectivity index is 1.52. The number of para-hydroxylation sites is 1. The van der Waals surface area contributed by atoms with Crippen LogP contribution in [0.2, 0.25) is 0 Å². The number of amides is 2. The number of H-pyrrole nitrogens is 1. The molecular formula is C18H21N3O2. The van der Waals surface area contributed by atoms with Gasteiger partial charge in [-0.15, -0.1) is 0 Å². The molecule has 2 atom stereocenters. The smallest absolute Gasteiger partial charge is 0.242 e. The number of aromatic amines is 1. The van der Waals surface area contributed by atoms with Gasteiger partial charge in [0.15, 0.2) is 0 Å². The van der Waals surface area contributed by atoms with Crippen LogP contribution in [0.5, 0.6) is 0 Å². The zero-order chi connectivity index (χ0) is 15.8. The summed E-state index contributed by atoms with van der Waals surface area (Å²) in [4.78, 5) is 27.4. The number of carbonyl (C=O) groups excluding carboxylic acids is 2. The molecule has 1 aliphatic heterocycles. The summed E-state index contributed by atoms with van der Waals surface area (Å²) in [5, 5.41) is 6.91. The van der Waals surface area contributed by atoms with Gasteiger partial charge in [0.25, 0.3) is 0 Å². The maximum absolute atomic E-state index is 12.3. The van der Waals surface area contributed by atoms with Gasteiger partial charge in [-0.1, -0.05) is 18.2 Å². The number of carbonyl (C=O) groups is 2. The molecule has 1 fully saturated rings. The highest BCUT2D eigenvalue weighted by molar-refractivity contribution is 5.89. The van der Waals surface area contributed by atoms with Crippen molar-refractivity contribution in [1.29, 1.82) is 0 Å². The van der Waals surface area contributed by atoms with Crippen LogP contribution in [0.3, 0.4) is 0 Å². The minimum Gasteiger partial charge on any atom is -0.358 e. The van der Waals surface area contributed by atoms with Gasteiger partial charge in [0, 0.05) is 35.5 Å². The summed E-state index contributed by atoms with van der Waals surface area (Å²) < 4.78 is 0. The van der Waals surface area contributed by atoms with Crippen molar-refractivity contribution >= 4 is 22.7 Å². The molecule has 23 heavy (non-hydrogen) atoms. The molecule has 1 aliphatic carbocycles. The minimum absolute atomic E-state index is 0.0245. The first-order chi connectivity index (χ1) is 11.2. The molecule has 0 radical (unpaired) electrons. The molecule has 2 aromatic rings. The van der Waals surface area contributed by atoms with Crippen LogP contribution >= 0.6 is 0 Å². The second-order valence-corrected chi connectivity index (χ2v) is 6.56. The van der Waals surface area contributed by atoms with Crippen LogP contribution in [0, 0.1) is 0 Å². The Morgan fingerprint density at radius 2 is 2.13 bits per heavy atom. The number of aryl methyl sites for hydroxylation is 1. The van der Waals surface area contributed by atoms with Crippen LogP contribution in [0.1, 0.15) is 42.9 Å². The highest BCUT2D eigenvalue weighted by atomic mass is 16.2. The molecule has 3 N–H and O–H groups in total. The number of hydrogen-bond donors (Lipinski definition) is 3. The molecule has 5 heteroatoms. The molecule has 0 spiro atoms. The van der Waals surface area contributed by atoms with Gasteiger partial charge < -0.3 is 15.6 Å². The summed E-state index contributed by atoms with van der Waals surface area (Å²) in [6.45, 7) is 0.652. The van der Waals surface area contributed by atoms with E-state index in [9.17, 15) is 9.59 Å². The molecule has 4 rings (SSSR count). The predicted molar refractivity (Wildman–Crippen MR) is 88.2 cm³/mol. The fourth-order valence-corrected chi connectivity index (χ4v) is 3.92. The zero-order valence-electron chi connectivity index (χ0n) is 13.0. The van der Waals surface area contributed by atoms with Crippen LogP contribution in [0.15, 0.2) is 24.3 Å². The Morgan fingerprint density at radius 3 is 2.96 bits per heavy atom. The molecule has 120 valence electrons.